The molecule has 90 valence electrons. The summed E-state index contributed by atoms with van der Waals surface area (Å²) in [5.74, 6) is 5.58. The van der Waals surface area contributed by atoms with Gasteiger partial charge in [0.05, 0.1) is 10.7 Å². The second-order valence-electron chi connectivity index (χ2n) is 3.99. The molecule has 0 aliphatic heterocycles. The summed E-state index contributed by atoms with van der Waals surface area (Å²) in [6, 6.07) is 4.19. The largest absolute Gasteiger partial charge is 0.271 e. The maximum atomic E-state index is 5.58. The van der Waals surface area contributed by atoms with Crippen LogP contribution < -0.4 is 11.3 Å². The summed E-state index contributed by atoms with van der Waals surface area (Å²) in [7, 11) is 0. The highest BCUT2D eigenvalue weighted by Gasteiger charge is 2.10. The maximum Gasteiger partial charge on any atom is 0.0897 e. The highest BCUT2D eigenvalue weighted by molar-refractivity contribution is 7.09. The second kappa shape index (κ2) is 5.86. The van der Waals surface area contributed by atoms with Crippen molar-refractivity contribution in [3.05, 3.63) is 46.2 Å². The summed E-state index contributed by atoms with van der Waals surface area (Å²) in [6.07, 6.45) is 5.35. The number of aryl methyl sites for hydroxylation is 1. The molecule has 0 aliphatic rings. The van der Waals surface area contributed by atoms with Gasteiger partial charge in [-0.2, -0.15) is 0 Å². The Hall–Kier alpha value is -1.30. The smallest absolute Gasteiger partial charge is 0.0897 e. The van der Waals surface area contributed by atoms with Crippen LogP contribution in [0.4, 0.5) is 0 Å². The molecule has 0 saturated heterocycles. The van der Waals surface area contributed by atoms with Crippen molar-refractivity contribution < 1.29 is 0 Å². The zero-order valence-electron chi connectivity index (χ0n) is 9.76. The van der Waals surface area contributed by atoms with E-state index in [1.54, 1.807) is 17.5 Å². The summed E-state index contributed by atoms with van der Waals surface area (Å²) in [6.45, 7) is 2.01. The third kappa shape index (κ3) is 3.59. The lowest BCUT2D eigenvalue weighted by molar-refractivity contribution is 0.517. The minimum absolute atomic E-state index is 0.195. The molecule has 0 fully saturated rings. The summed E-state index contributed by atoms with van der Waals surface area (Å²) in [4.78, 5) is 8.55. The molecule has 0 amide bonds. The van der Waals surface area contributed by atoms with Gasteiger partial charge in [0.25, 0.3) is 0 Å². The van der Waals surface area contributed by atoms with E-state index in [1.807, 2.05) is 19.2 Å². The van der Waals surface area contributed by atoms with E-state index in [0.29, 0.717) is 0 Å². The van der Waals surface area contributed by atoms with Crippen molar-refractivity contribution in [2.24, 2.45) is 5.84 Å². The quantitative estimate of drug-likeness (QED) is 0.621. The molecule has 2 aromatic heterocycles. The maximum absolute atomic E-state index is 5.58. The lowest BCUT2D eigenvalue weighted by Crippen LogP contribution is -2.38. The van der Waals surface area contributed by atoms with Crippen molar-refractivity contribution in [2.75, 3.05) is 0 Å². The molecule has 1 atom stereocenters. The van der Waals surface area contributed by atoms with E-state index in [4.69, 9.17) is 5.84 Å². The van der Waals surface area contributed by atoms with Gasteiger partial charge in [0.15, 0.2) is 0 Å². The van der Waals surface area contributed by atoms with Crippen LogP contribution in [0.15, 0.2) is 29.9 Å². The predicted molar refractivity (Wildman–Crippen MR) is 69.6 cm³/mol. The number of nitrogens with zero attached hydrogens (tertiary/aromatic N) is 2. The Morgan fingerprint density at radius 3 is 2.94 bits per heavy atom. The fourth-order valence-electron chi connectivity index (χ4n) is 1.75. The number of nitrogens with one attached hydrogen (secondary N) is 1. The average molecular weight is 248 g/mol. The fourth-order valence-corrected chi connectivity index (χ4v) is 2.37. The Kier molecular flexibility index (Phi) is 4.19. The molecule has 0 bridgehead atoms. The third-order valence-corrected chi connectivity index (χ3v) is 3.39. The number of hydrogen-bond acceptors (Lipinski definition) is 5. The fraction of sp³-hybridized carbons (Fsp3) is 0.333. The van der Waals surface area contributed by atoms with Crippen molar-refractivity contribution in [1.29, 1.82) is 0 Å². The molecule has 0 aromatic carbocycles. The first-order valence-electron chi connectivity index (χ1n) is 5.54. The zero-order chi connectivity index (χ0) is 12.1. The van der Waals surface area contributed by atoms with E-state index >= 15 is 0 Å². The lowest BCUT2D eigenvalue weighted by Gasteiger charge is -2.14. The van der Waals surface area contributed by atoms with Gasteiger partial charge in [-0.25, -0.2) is 4.98 Å². The van der Waals surface area contributed by atoms with Crippen LogP contribution in [-0.4, -0.2) is 16.0 Å². The Morgan fingerprint density at radius 2 is 2.35 bits per heavy atom. The molecular weight excluding hydrogens is 232 g/mol. The molecule has 2 rings (SSSR count). The van der Waals surface area contributed by atoms with Crippen LogP contribution in [0.5, 0.6) is 0 Å². The zero-order valence-corrected chi connectivity index (χ0v) is 10.6. The minimum atomic E-state index is 0.195. The van der Waals surface area contributed by atoms with Crippen LogP contribution in [0.2, 0.25) is 0 Å². The van der Waals surface area contributed by atoms with E-state index in [2.05, 4.69) is 26.8 Å². The minimum Gasteiger partial charge on any atom is -0.271 e. The van der Waals surface area contributed by atoms with Crippen LogP contribution >= 0.6 is 11.3 Å². The molecule has 3 N–H and O–H groups in total. The topological polar surface area (TPSA) is 63.8 Å². The van der Waals surface area contributed by atoms with E-state index in [-0.39, 0.29) is 6.04 Å². The van der Waals surface area contributed by atoms with Gasteiger partial charge >= 0.3 is 0 Å². The monoisotopic (exact) mass is 248 g/mol. The van der Waals surface area contributed by atoms with Crippen LogP contribution in [0, 0.1) is 6.92 Å². The molecule has 1 unspecified atom stereocenters. The van der Waals surface area contributed by atoms with Crippen LogP contribution in [0.25, 0.3) is 0 Å². The average Bonchev–Trinajstić information content (AvgIpc) is 2.75. The predicted octanol–water partition coefficient (Wildman–Crippen LogP) is 1.46. The van der Waals surface area contributed by atoms with Gasteiger partial charge in [-0.1, -0.05) is 6.07 Å². The normalized spacial score (nSPS) is 12.6. The van der Waals surface area contributed by atoms with E-state index in [0.717, 1.165) is 23.5 Å². The van der Waals surface area contributed by atoms with E-state index in [1.165, 1.54) is 5.56 Å². The Bertz CT molecular complexity index is 455. The molecule has 0 radical (unpaired) electrons. The van der Waals surface area contributed by atoms with Crippen molar-refractivity contribution in [3.63, 3.8) is 0 Å². The van der Waals surface area contributed by atoms with E-state index in [9.17, 15) is 0 Å². The third-order valence-electron chi connectivity index (χ3n) is 2.56. The van der Waals surface area contributed by atoms with Crippen molar-refractivity contribution in [2.45, 2.75) is 25.8 Å². The SMILES string of the molecule is Cc1nc(CC(Cc2cccnc2)NN)cs1. The molecule has 0 aliphatic carbocycles. The standard InChI is InChI=1S/C12H16N4S/c1-9-15-12(8-17-9)6-11(16-13)5-10-3-2-4-14-7-10/h2-4,7-8,11,16H,5-6,13H2,1H3. The van der Waals surface area contributed by atoms with Crippen molar-refractivity contribution in [3.8, 4) is 0 Å². The second-order valence-corrected chi connectivity index (χ2v) is 5.05. The Balaban J connectivity index is 1.98. The molecule has 0 spiro atoms. The number of pyridine rings is 1. The number of thiazole rings is 1. The Labute approximate surface area is 105 Å². The number of hydrazine groups is 1. The lowest BCUT2D eigenvalue weighted by atomic mass is 10.0. The van der Waals surface area contributed by atoms with Gasteiger partial charge in [0, 0.05) is 30.2 Å². The molecule has 2 heterocycles. The van der Waals surface area contributed by atoms with Gasteiger partial charge in [0.1, 0.15) is 0 Å². The van der Waals surface area contributed by atoms with Gasteiger partial charge in [-0.05, 0) is 25.0 Å². The molecule has 4 nitrogen and oxygen atoms in total. The summed E-state index contributed by atoms with van der Waals surface area (Å²) >= 11 is 1.67. The molecule has 2 aromatic rings. The first kappa shape index (κ1) is 12.2. The Morgan fingerprint density at radius 1 is 1.47 bits per heavy atom. The number of hydrogen-bond donors (Lipinski definition) is 2. The van der Waals surface area contributed by atoms with Crippen molar-refractivity contribution in [1.82, 2.24) is 15.4 Å². The summed E-state index contributed by atoms with van der Waals surface area (Å²) in [5, 5.41) is 3.18. The highest BCUT2D eigenvalue weighted by Crippen LogP contribution is 2.11. The first-order chi connectivity index (χ1) is 8.28. The van der Waals surface area contributed by atoms with Gasteiger partial charge < -0.3 is 0 Å². The number of nitrogens with two attached hydrogens (primary N) is 1. The molecular formula is C12H16N4S. The number of rotatable bonds is 5. The van der Waals surface area contributed by atoms with Gasteiger partial charge in [-0.3, -0.25) is 16.3 Å². The first-order valence-corrected chi connectivity index (χ1v) is 6.42. The molecule has 5 heteroatoms. The van der Waals surface area contributed by atoms with Crippen LogP contribution in [-0.2, 0) is 12.8 Å². The van der Waals surface area contributed by atoms with Gasteiger partial charge in [0.2, 0.25) is 0 Å². The van der Waals surface area contributed by atoms with Crippen LogP contribution in [0.3, 0.4) is 0 Å². The van der Waals surface area contributed by atoms with E-state index < -0.39 is 0 Å². The number of aromatic nitrogens is 2. The highest BCUT2D eigenvalue weighted by atomic mass is 32.1. The van der Waals surface area contributed by atoms with Gasteiger partial charge in [-0.15, -0.1) is 11.3 Å². The van der Waals surface area contributed by atoms with Crippen molar-refractivity contribution >= 4 is 11.3 Å². The molecule has 0 saturated carbocycles. The summed E-state index contributed by atoms with van der Waals surface area (Å²) in [5.41, 5.74) is 5.12. The van der Waals surface area contributed by atoms with Crippen LogP contribution in [0.1, 0.15) is 16.3 Å². The molecule has 17 heavy (non-hydrogen) atoms. The summed E-state index contributed by atoms with van der Waals surface area (Å²) < 4.78 is 0.